The number of urea groups is 1. The van der Waals surface area contributed by atoms with E-state index in [4.69, 9.17) is 0 Å². The van der Waals surface area contributed by atoms with E-state index in [1.165, 1.54) is 0 Å². The van der Waals surface area contributed by atoms with Crippen molar-refractivity contribution in [2.75, 3.05) is 34.2 Å². The molecule has 0 saturated carbocycles. The van der Waals surface area contributed by atoms with Crippen LogP contribution in [0, 0.1) is 0 Å². The SMILES string of the molecule is CC(C)N(C)C(=O)N1CCC(N(C)C)C1. The number of rotatable bonds is 2. The van der Waals surface area contributed by atoms with Crippen molar-refractivity contribution in [1.82, 2.24) is 14.7 Å². The molecule has 4 nitrogen and oxygen atoms in total. The van der Waals surface area contributed by atoms with Crippen molar-refractivity contribution in [1.29, 1.82) is 0 Å². The Hall–Kier alpha value is -0.770. The van der Waals surface area contributed by atoms with Gasteiger partial charge in [-0.2, -0.15) is 0 Å². The van der Waals surface area contributed by atoms with E-state index in [9.17, 15) is 4.79 Å². The van der Waals surface area contributed by atoms with Crippen LogP contribution in [0.3, 0.4) is 0 Å². The van der Waals surface area contributed by atoms with Crippen LogP contribution in [0.25, 0.3) is 0 Å². The lowest BCUT2D eigenvalue weighted by Crippen LogP contribution is -2.44. The molecular formula is C11H23N3O. The van der Waals surface area contributed by atoms with E-state index in [0.717, 1.165) is 19.5 Å². The van der Waals surface area contributed by atoms with Gasteiger partial charge in [0.05, 0.1) is 0 Å². The lowest BCUT2D eigenvalue weighted by Gasteiger charge is -2.28. The average molecular weight is 213 g/mol. The maximum Gasteiger partial charge on any atom is 0.320 e. The number of likely N-dealkylation sites (tertiary alicyclic amines) is 1. The maximum absolute atomic E-state index is 12.0. The summed E-state index contributed by atoms with van der Waals surface area (Å²) in [7, 11) is 6.02. The Kier molecular flexibility index (Phi) is 3.97. The molecular weight excluding hydrogens is 190 g/mol. The van der Waals surface area contributed by atoms with Gasteiger partial charge in [0, 0.05) is 32.2 Å². The van der Waals surface area contributed by atoms with Crippen molar-refractivity contribution in [2.45, 2.75) is 32.4 Å². The molecule has 1 fully saturated rings. The Morgan fingerprint density at radius 3 is 2.33 bits per heavy atom. The van der Waals surface area contributed by atoms with Crippen LogP contribution < -0.4 is 0 Å². The first-order valence-electron chi connectivity index (χ1n) is 5.61. The third kappa shape index (κ3) is 2.84. The van der Waals surface area contributed by atoms with E-state index in [1.54, 1.807) is 4.90 Å². The first-order valence-corrected chi connectivity index (χ1v) is 5.61. The molecule has 1 heterocycles. The minimum Gasteiger partial charge on any atom is -0.325 e. The molecule has 0 spiro atoms. The lowest BCUT2D eigenvalue weighted by molar-refractivity contribution is 0.158. The quantitative estimate of drug-likeness (QED) is 0.686. The summed E-state index contributed by atoms with van der Waals surface area (Å²) in [5.74, 6) is 0. The topological polar surface area (TPSA) is 26.8 Å². The summed E-state index contributed by atoms with van der Waals surface area (Å²) < 4.78 is 0. The first kappa shape index (κ1) is 12.3. The van der Waals surface area contributed by atoms with Crippen LogP contribution >= 0.6 is 0 Å². The summed E-state index contributed by atoms with van der Waals surface area (Å²) in [5, 5.41) is 0. The summed E-state index contributed by atoms with van der Waals surface area (Å²) >= 11 is 0. The highest BCUT2D eigenvalue weighted by Crippen LogP contribution is 2.15. The average Bonchev–Trinajstić information content (AvgIpc) is 2.64. The second-order valence-electron chi connectivity index (χ2n) is 4.84. The Bertz CT molecular complexity index is 228. The molecule has 4 heteroatoms. The molecule has 0 aromatic carbocycles. The molecule has 88 valence electrons. The molecule has 15 heavy (non-hydrogen) atoms. The van der Waals surface area contributed by atoms with Gasteiger partial charge in [-0.1, -0.05) is 0 Å². The van der Waals surface area contributed by atoms with Crippen LogP contribution in [0.4, 0.5) is 4.79 Å². The molecule has 0 bridgehead atoms. The number of carbonyl (C=O) groups excluding carboxylic acids is 1. The van der Waals surface area contributed by atoms with Gasteiger partial charge in [-0.15, -0.1) is 0 Å². The Labute approximate surface area is 92.8 Å². The third-order valence-corrected chi connectivity index (χ3v) is 3.24. The van der Waals surface area contributed by atoms with Gasteiger partial charge in [0.1, 0.15) is 0 Å². The molecule has 0 radical (unpaired) electrons. The summed E-state index contributed by atoms with van der Waals surface area (Å²) in [6, 6.07) is 0.958. The highest BCUT2D eigenvalue weighted by Gasteiger charge is 2.29. The number of nitrogens with zero attached hydrogens (tertiary/aromatic N) is 3. The molecule has 1 saturated heterocycles. The predicted molar refractivity (Wildman–Crippen MR) is 62.0 cm³/mol. The van der Waals surface area contributed by atoms with E-state index in [0.29, 0.717) is 6.04 Å². The Balaban J connectivity index is 2.50. The largest absolute Gasteiger partial charge is 0.325 e. The zero-order valence-corrected chi connectivity index (χ0v) is 10.5. The molecule has 2 amide bonds. The fourth-order valence-corrected chi connectivity index (χ4v) is 1.78. The second-order valence-corrected chi connectivity index (χ2v) is 4.84. The summed E-state index contributed by atoms with van der Waals surface area (Å²) in [6.45, 7) is 5.83. The normalized spacial score (nSPS) is 21.5. The Morgan fingerprint density at radius 2 is 1.93 bits per heavy atom. The number of hydrogen-bond donors (Lipinski definition) is 0. The van der Waals surface area contributed by atoms with Gasteiger partial charge in [-0.05, 0) is 34.4 Å². The van der Waals surface area contributed by atoms with Crippen LogP contribution in [-0.2, 0) is 0 Å². The molecule has 0 N–H and O–H groups in total. The molecule has 1 aliphatic rings. The summed E-state index contributed by atoms with van der Waals surface area (Å²) in [6.07, 6.45) is 1.09. The van der Waals surface area contributed by atoms with Gasteiger partial charge in [0.25, 0.3) is 0 Å². The van der Waals surface area contributed by atoms with E-state index < -0.39 is 0 Å². The zero-order chi connectivity index (χ0) is 11.6. The molecule has 1 unspecified atom stereocenters. The fourth-order valence-electron chi connectivity index (χ4n) is 1.78. The molecule has 1 aliphatic heterocycles. The minimum absolute atomic E-state index is 0.161. The molecule has 0 aromatic rings. The van der Waals surface area contributed by atoms with Crippen LogP contribution in [0.1, 0.15) is 20.3 Å². The van der Waals surface area contributed by atoms with Crippen molar-refractivity contribution in [3.63, 3.8) is 0 Å². The summed E-state index contributed by atoms with van der Waals surface area (Å²) in [4.78, 5) is 17.9. The van der Waals surface area contributed by atoms with Gasteiger partial charge in [-0.25, -0.2) is 4.79 Å². The van der Waals surface area contributed by atoms with Crippen molar-refractivity contribution in [2.24, 2.45) is 0 Å². The van der Waals surface area contributed by atoms with E-state index >= 15 is 0 Å². The van der Waals surface area contributed by atoms with E-state index in [2.05, 4.69) is 19.0 Å². The predicted octanol–water partition coefficient (Wildman–Crippen LogP) is 1.08. The molecule has 0 aliphatic carbocycles. The van der Waals surface area contributed by atoms with Crippen LogP contribution in [0.15, 0.2) is 0 Å². The van der Waals surface area contributed by atoms with Crippen molar-refractivity contribution in [3.8, 4) is 0 Å². The number of hydrogen-bond acceptors (Lipinski definition) is 2. The first-order chi connectivity index (χ1) is 6.93. The maximum atomic E-state index is 12.0. The summed E-state index contributed by atoms with van der Waals surface area (Å²) in [5.41, 5.74) is 0. The highest BCUT2D eigenvalue weighted by atomic mass is 16.2. The number of carbonyl (C=O) groups is 1. The molecule has 0 aromatic heterocycles. The van der Waals surface area contributed by atoms with Crippen molar-refractivity contribution >= 4 is 6.03 Å². The van der Waals surface area contributed by atoms with Crippen molar-refractivity contribution < 1.29 is 4.79 Å². The fraction of sp³-hybridized carbons (Fsp3) is 0.909. The standard InChI is InChI=1S/C11H23N3O/c1-9(2)13(5)11(15)14-7-6-10(8-14)12(3)4/h9-10H,6-8H2,1-5H3. The van der Waals surface area contributed by atoms with Crippen LogP contribution in [0.2, 0.25) is 0 Å². The molecule has 1 atom stereocenters. The van der Waals surface area contributed by atoms with Crippen LogP contribution in [0.5, 0.6) is 0 Å². The van der Waals surface area contributed by atoms with Gasteiger partial charge < -0.3 is 14.7 Å². The molecule has 1 rings (SSSR count). The van der Waals surface area contributed by atoms with Crippen LogP contribution in [-0.4, -0.2) is 67.0 Å². The van der Waals surface area contributed by atoms with Gasteiger partial charge in [0.2, 0.25) is 0 Å². The number of amides is 2. The van der Waals surface area contributed by atoms with Gasteiger partial charge in [-0.3, -0.25) is 0 Å². The minimum atomic E-state index is 0.161. The smallest absolute Gasteiger partial charge is 0.320 e. The second kappa shape index (κ2) is 4.84. The van der Waals surface area contributed by atoms with Gasteiger partial charge in [0.15, 0.2) is 0 Å². The number of likely N-dealkylation sites (N-methyl/N-ethyl adjacent to an activating group) is 1. The van der Waals surface area contributed by atoms with Gasteiger partial charge >= 0.3 is 6.03 Å². The zero-order valence-electron chi connectivity index (χ0n) is 10.5. The van der Waals surface area contributed by atoms with E-state index in [-0.39, 0.29) is 12.1 Å². The Morgan fingerprint density at radius 1 is 1.33 bits per heavy atom. The lowest BCUT2D eigenvalue weighted by atomic mass is 10.2. The highest BCUT2D eigenvalue weighted by molar-refractivity contribution is 5.74. The van der Waals surface area contributed by atoms with Crippen molar-refractivity contribution in [3.05, 3.63) is 0 Å². The third-order valence-electron chi connectivity index (χ3n) is 3.24. The van der Waals surface area contributed by atoms with E-state index in [1.807, 2.05) is 25.8 Å². The monoisotopic (exact) mass is 213 g/mol.